The quantitative estimate of drug-likeness (QED) is 0.337. The van der Waals surface area contributed by atoms with Crippen molar-refractivity contribution < 1.29 is 29.3 Å². The molecule has 0 saturated carbocycles. The molecule has 0 saturated heterocycles. The predicted octanol–water partition coefficient (Wildman–Crippen LogP) is 1.47. The van der Waals surface area contributed by atoms with Gasteiger partial charge in [-0.3, -0.25) is 29.5 Å². The van der Waals surface area contributed by atoms with Gasteiger partial charge in [-0.25, -0.2) is 0 Å². The summed E-state index contributed by atoms with van der Waals surface area (Å²) in [6.45, 7) is 5.97. The minimum absolute atomic E-state index is 0.252. The summed E-state index contributed by atoms with van der Waals surface area (Å²) in [5.74, 6) is -0.496. The molecule has 0 aliphatic carbocycles. The summed E-state index contributed by atoms with van der Waals surface area (Å²) in [5, 5.41) is 19.1. The second-order valence-corrected chi connectivity index (χ2v) is 6.80. The fraction of sp³-hybridized carbons (Fsp3) is 0.364. The summed E-state index contributed by atoms with van der Waals surface area (Å²) in [7, 11) is 0. The van der Waals surface area contributed by atoms with Gasteiger partial charge in [0.2, 0.25) is 0 Å². The van der Waals surface area contributed by atoms with Crippen LogP contribution in [0.15, 0.2) is 22.4 Å². The first-order valence-corrected chi connectivity index (χ1v) is 9.83. The highest BCUT2D eigenvalue weighted by atomic mass is 16.5. The molecule has 2 heterocycles. The lowest BCUT2D eigenvalue weighted by Crippen LogP contribution is -2.09. The number of aryl methyl sites for hydroxylation is 2. The zero-order valence-corrected chi connectivity index (χ0v) is 18.5. The monoisotopic (exact) mass is 442 g/mol. The molecule has 0 aliphatic rings. The number of hydrogen-bond acceptors (Lipinski definition) is 10. The van der Waals surface area contributed by atoms with Crippen LogP contribution in [0.25, 0.3) is 0 Å². The fourth-order valence-electron chi connectivity index (χ4n) is 2.79. The van der Waals surface area contributed by atoms with E-state index in [4.69, 9.17) is 9.47 Å². The Morgan fingerprint density at radius 3 is 1.53 bits per heavy atom. The van der Waals surface area contributed by atoms with E-state index >= 15 is 0 Å². The third-order valence-electron chi connectivity index (χ3n) is 4.30. The maximum Gasteiger partial charge on any atom is 0.308 e. The van der Waals surface area contributed by atoms with Gasteiger partial charge in [-0.2, -0.15) is 0 Å². The van der Waals surface area contributed by atoms with Gasteiger partial charge < -0.3 is 19.7 Å². The maximum atomic E-state index is 11.4. The second-order valence-electron chi connectivity index (χ2n) is 6.80. The van der Waals surface area contributed by atoms with Crippen LogP contribution in [-0.2, 0) is 22.8 Å². The Hall–Kier alpha value is -3.50. The predicted molar refractivity (Wildman–Crippen MR) is 117 cm³/mol. The van der Waals surface area contributed by atoms with E-state index in [1.807, 2.05) is 0 Å². The molecule has 0 radical (unpaired) electrons. The second kappa shape index (κ2) is 11.8. The van der Waals surface area contributed by atoms with Crippen LogP contribution in [0.4, 0.5) is 0 Å². The number of aliphatic hydroxyl groups excluding tert-OH is 2. The molecule has 0 spiro atoms. The van der Waals surface area contributed by atoms with Gasteiger partial charge in [0.25, 0.3) is 0 Å². The first kappa shape index (κ1) is 24.8. The number of aliphatic hydroxyl groups is 2. The smallest absolute Gasteiger partial charge is 0.308 e. The van der Waals surface area contributed by atoms with E-state index in [-0.39, 0.29) is 24.7 Å². The lowest BCUT2D eigenvalue weighted by molar-refractivity contribution is -0.132. The number of hydrogen-bond donors (Lipinski definition) is 2. The van der Waals surface area contributed by atoms with Gasteiger partial charge in [-0.15, -0.1) is 0 Å². The van der Waals surface area contributed by atoms with Gasteiger partial charge in [0, 0.05) is 60.9 Å². The van der Waals surface area contributed by atoms with Crippen LogP contribution in [0.5, 0.6) is 11.5 Å². The summed E-state index contributed by atoms with van der Waals surface area (Å²) >= 11 is 0. The number of carbonyl (C=O) groups is 2. The molecular weight excluding hydrogens is 416 g/mol. The van der Waals surface area contributed by atoms with E-state index in [1.165, 1.54) is 38.7 Å². The van der Waals surface area contributed by atoms with Crippen molar-refractivity contribution in [1.82, 2.24) is 9.97 Å². The molecule has 32 heavy (non-hydrogen) atoms. The molecule has 2 aromatic rings. The SMILES string of the molecule is CC(=O)Oc1c(C)ncc(CO)c1C=NCCN=Cc1c(CO)cnc(C)c1OC(C)=O. The third-order valence-corrected chi connectivity index (χ3v) is 4.30. The molecule has 2 aromatic heterocycles. The first-order valence-electron chi connectivity index (χ1n) is 9.83. The van der Waals surface area contributed by atoms with Crippen molar-refractivity contribution in [3.63, 3.8) is 0 Å². The molecule has 0 unspecified atom stereocenters. The average molecular weight is 442 g/mol. The molecule has 10 heteroatoms. The Balaban J connectivity index is 2.18. The lowest BCUT2D eigenvalue weighted by Gasteiger charge is -2.11. The van der Waals surface area contributed by atoms with E-state index in [2.05, 4.69) is 20.0 Å². The summed E-state index contributed by atoms with van der Waals surface area (Å²) in [6.07, 6.45) is 6.02. The minimum Gasteiger partial charge on any atom is -0.424 e. The number of carbonyl (C=O) groups excluding carboxylic acids is 2. The Morgan fingerprint density at radius 2 is 1.22 bits per heavy atom. The Bertz CT molecular complexity index is 966. The summed E-state index contributed by atoms with van der Waals surface area (Å²) in [5.41, 5.74) is 2.90. The zero-order valence-electron chi connectivity index (χ0n) is 18.5. The highest BCUT2D eigenvalue weighted by Crippen LogP contribution is 2.25. The van der Waals surface area contributed by atoms with Gasteiger partial charge in [0.15, 0.2) is 11.5 Å². The van der Waals surface area contributed by atoms with Crippen molar-refractivity contribution in [3.8, 4) is 11.5 Å². The van der Waals surface area contributed by atoms with Crippen LogP contribution in [0, 0.1) is 13.8 Å². The molecule has 0 amide bonds. The summed E-state index contributed by atoms with van der Waals surface area (Å²) in [4.78, 5) is 39.7. The average Bonchev–Trinajstić information content (AvgIpc) is 2.74. The Kier molecular flexibility index (Phi) is 9.11. The van der Waals surface area contributed by atoms with Crippen LogP contribution >= 0.6 is 0 Å². The molecule has 0 atom stereocenters. The molecule has 0 fully saturated rings. The van der Waals surface area contributed by atoms with Gasteiger partial charge in [0.05, 0.1) is 37.7 Å². The molecule has 0 aliphatic heterocycles. The number of esters is 2. The topological polar surface area (TPSA) is 144 Å². The van der Waals surface area contributed by atoms with Crippen LogP contribution in [0.2, 0.25) is 0 Å². The minimum atomic E-state index is -0.500. The molecule has 0 aromatic carbocycles. The van der Waals surface area contributed by atoms with Gasteiger partial charge in [-0.1, -0.05) is 0 Å². The zero-order chi connectivity index (χ0) is 23.7. The van der Waals surface area contributed by atoms with Crippen molar-refractivity contribution in [2.45, 2.75) is 40.9 Å². The Labute approximate surface area is 185 Å². The van der Waals surface area contributed by atoms with E-state index in [1.54, 1.807) is 13.8 Å². The van der Waals surface area contributed by atoms with Crippen LogP contribution in [0.1, 0.15) is 47.5 Å². The molecule has 2 N–H and O–H groups in total. The standard InChI is InChI=1S/C22H26N4O6/c1-13-21(31-15(3)29)19(17(11-27)7-25-13)9-23-5-6-24-10-20-18(12-28)8-26-14(2)22(20)32-16(4)30/h7-10,27-28H,5-6,11-12H2,1-4H3. The number of ether oxygens (including phenoxy) is 2. The van der Waals surface area contributed by atoms with Crippen molar-refractivity contribution in [2.75, 3.05) is 13.1 Å². The molecule has 2 rings (SSSR count). The van der Waals surface area contributed by atoms with E-state index in [0.29, 0.717) is 46.7 Å². The Morgan fingerprint density at radius 1 is 0.844 bits per heavy atom. The highest BCUT2D eigenvalue weighted by Gasteiger charge is 2.15. The normalized spacial score (nSPS) is 11.3. The van der Waals surface area contributed by atoms with E-state index in [9.17, 15) is 19.8 Å². The van der Waals surface area contributed by atoms with Gasteiger partial charge in [0.1, 0.15) is 0 Å². The van der Waals surface area contributed by atoms with Crippen molar-refractivity contribution in [1.29, 1.82) is 0 Å². The number of aromatic nitrogens is 2. The third kappa shape index (κ3) is 6.50. The molecule has 0 bridgehead atoms. The van der Waals surface area contributed by atoms with E-state index in [0.717, 1.165) is 0 Å². The number of aliphatic imine (C=N–C) groups is 2. The molecular formula is C22H26N4O6. The molecule has 10 nitrogen and oxygen atoms in total. The number of rotatable bonds is 9. The summed E-state index contributed by atoms with van der Waals surface area (Å²) < 4.78 is 10.5. The van der Waals surface area contributed by atoms with E-state index < -0.39 is 11.9 Å². The van der Waals surface area contributed by atoms with Gasteiger partial charge >= 0.3 is 11.9 Å². The fourth-order valence-corrected chi connectivity index (χ4v) is 2.79. The first-order chi connectivity index (χ1) is 15.3. The van der Waals surface area contributed by atoms with Crippen molar-refractivity contribution in [2.24, 2.45) is 9.98 Å². The van der Waals surface area contributed by atoms with Crippen LogP contribution < -0.4 is 9.47 Å². The van der Waals surface area contributed by atoms with Gasteiger partial charge in [-0.05, 0) is 13.8 Å². The van der Waals surface area contributed by atoms with Crippen LogP contribution in [-0.4, -0.2) is 57.6 Å². The lowest BCUT2D eigenvalue weighted by atomic mass is 10.1. The van der Waals surface area contributed by atoms with Crippen LogP contribution in [0.3, 0.4) is 0 Å². The summed E-state index contributed by atoms with van der Waals surface area (Å²) in [6, 6.07) is 0. The largest absolute Gasteiger partial charge is 0.424 e. The maximum absolute atomic E-state index is 11.4. The number of pyridine rings is 2. The highest BCUT2D eigenvalue weighted by molar-refractivity contribution is 5.88. The van der Waals surface area contributed by atoms with Crippen molar-refractivity contribution >= 4 is 24.4 Å². The molecule has 170 valence electrons. The number of nitrogens with zero attached hydrogens (tertiary/aromatic N) is 4. The van der Waals surface area contributed by atoms with Crippen molar-refractivity contribution in [3.05, 3.63) is 46.0 Å².